The van der Waals surface area contributed by atoms with Gasteiger partial charge in [0.25, 0.3) is 0 Å². The first-order chi connectivity index (χ1) is 10.6. The lowest BCUT2D eigenvalue weighted by molar-refractivity contribution is 0.414. The number of hydrogen-bond acceptors (Lipinski definition) is 4. The first-order valence-electron chi connectivity index (χ1n) is 6.92. The molecule has 3 aromatic rings. The van der Waals surface area contributed by atoms with Gasteiger partial charge in [-0.1, -0.05) is 41.4 Å². The number of ether oxygens (including phenoxy) is 1. The largest absolute Gasteiger partial charge is 0.497 e. The van der Waals surface area contributed by atoms with Gasteiger partial charge in [-0.3, -0.25) is 0 Å². The monoisotopic (exact) mass is 313 g/mol. The van der Waals surface area contributed by atoms with Crippen LogP contribution in [-0.4, -0.2) is 17.3 Å². The van der Waals surface area contributed by atoms with Gasteiger partial charge in [0.1, 0.15) is 5.75 Å². The average molecular weight is 314 g/mol. The van der Waals surface area contributed by atoms with E-state index in [4.69, 9.17) is 22.1 Å². The zero-order valence-electron chi connectivity index (χ0n) is 12.4. The van der Waals surface area contributed by atoms with E-state index in [0.717, 1.165) is 27.6 Å². The molecular weight excluding hydrogens is 298 g/mol. The second kappa shape index (κ2) is 5.91. The summed E-state index contributed by atoms with van der Waals surface area (Å²) in [6, 6.07) is 13.3. The third kappa shape index (κ3) is 2.63. The quantitative estimate of drug-likeness (QED) is 0.801. The van der Waals surface area contributed by atoms with Gasteiger partial charge in [-0.25, -0.2) is 0 Å². The van der Waals surface area contributed by atoms with E-state index >= 15 is 0 Å². The summed E-state index contributed by atoms with van der Waals surface area (Å²) in [7, 11) is 1.63. The molecule has 112 valence electrons. The van der Waals surface area contributed by atoms with Crippen molar-refractivity contribution in [2.75, 3.05) is 7.11 Å². The summed E-state index contributed by atoms with van der Waals surface area (Å²) in [6.07, 6.45) is 0. The minimum Gasteiger partial charge on any atom is -0.497 e. The van der Waals surface area contributed by atoms with E-state index in [1.165, 1.54) is 0 Å². The highest BCUT2D eigenvalue weighted by atomic mass is 35.5. The van der Waals surface area contributed by atoms with Gasteiger partial charge in [-0.15, -0.1) is 5.10 Å². The van der Waals surface area contributed by atoms with E-state index in [2.05, 4.69) is 10.2 Å². The molecule has 4 nitrogen and oxygen atoms in total. The number of nitrogens with zero attached hydrogens (tertiary/aromatic N) is 2. The molecule has 0 fully saturated rings. The summed E-state index contributed by atoms with van der Waals surface area (Å²) in [4.78, 5) is 0. The summed E-state index contributed by atoms with van der Waals surface area (Å²) in [5.41, 5.74) is 9.15. The molecule has 1 aromatic heterocycles. The molecule has 0 saturated carbocycles. The fourth-order valence-corrected chi connectivity index (χ4v) is 2.65. The lowest BCUT2D eigenvalue weighted by Crippen LogP contribution is -2.15. The minimum absolute atomic E-state index is 0.374. The average Bonchev–Trinajstić information content (AvgIpc) is 2.55. The van der Waals surface area contributed by atoms with E-state index in [1.807, 2.05) is 49.4 Å². The molecule has 1 atom stereocenters. The third-order valence-electron chi connectivity index (χ3n) is 3.69. The predicted molar refractivity (Wildman–Crippen MR) is 88.3 cm³/mol. The number of aromatic nitrogens is 2. The summed E-state index contributed by atoms with van der Waals surface area (Å²) >= 11 is 6.16. The third-order valence-corrected chi connectivity index (χ3v) is 3.97. The van der Waals surface area contributed by atoms with Crippen LogP contribution in [-0.2, 0) is 0 Å². The molecule has 0 aliphatic carbocycles. The molecule has 1 heterocycles. The van der Waals surface area contributed by atoms with Crippen LogP contribution in [0.5, 0.6) is 5.75 Å². The highest BCUT2D eigenvalue weighted by molar-refractivity contribution is 6.34. The zero-order chi connectivity index (χ0) is 15.7. The minimum atomic E-state index is -0.374. The summed E-state index contributed by atoms with van der Waals surface area (Å²) < 4.78 is 5.17. The molecule has 2 N–H and O–H groups in total. The molecule has 22 heavy (non-hydrogen) atoms. The number of methoxy groups -OCH3 is 1. The smallest absolute Gasteiger partial charge is 0.159 e. The highest BCUT2D eigenvalue weighted by Crippen LogP contribution is 2.29. The Kier molecular flexibility index (Phi) is 3.96. The fourth-order valence-electron chi connectivity index (χ4n) is 2.46. The van der Waals surface area contributed by atoms with Gasteiger partial charge in [-0.2, -0.15) is 5.10 Å². The molecule has 0 bridgehead atoms. The Hall–Kier alpha value is -2.17. The molecule has 0 spiro atoms. The van der Waals surface area contributed by atoms with Crippen LogP contribution in [0.2, 0.25) is 5.15 Å². The van der Waals surface area contributed by atoms with Crippen molar-refractivity contribution < 1.29 is 4.74 Å². The lowest BCUT2D eigenvalue weighted by atomic mass is 9.99. The van der Waals surface area contributed by atoms with E-state index in [1.54, 1.807) is 7.11 Å². The van der Waals surface area contributed by atoms with Crippen molar-refractivity contribution in [1.82, 2.24) is 10.2 Å². The molecular formula is C17H16ClN3O. The second-order valence-corrected chi connectivity index (χ2v) is 5.53. The van der Waals surface area contributed by atoms with Crippen LogP contribution in [0.3, 0.4) is 0 Å². The van der Waals surface area contributed by atoms with E-state index in [-0.39, 0.29) is 6.04 Å². The topological polar surface area (TPSA) is 61.0 Å². The Balaban J connectivity index is 2.10. The van der Waals surface area contributed by atoms with Gasteiger partial charge in [0.2, 0.25) is 0 Å². The van der Waals surface area contributed by atoms with Crippen molar-refractivity contribution in [3.8, 4) is 5.75 Å². The van der Waals surface area contributed by atoms with E-state index < -0.39 is 0 Å². The Morgan fingerprint density at radius 2 is 1.77 bits per heavy atom. The van der Waals surface area contributed by atoms with Crippen molar-refractivity contribution in [3.05, 3.63) is 64.4 Å². The number of rotatable bonds is 3. The predicted octanol–water partition coefficient (Wildman–Crippen LogP) is 3.65. The second-order valence-electron chi connectivity index (χ2n) is 5.18. The van der Waals surface area contributed by atoms with Gasteiger partial charge in [-0.05, 0) is 30.7 Å². The number of aryl methyl sites for hydroxylation is 1. The standard InChI is InChI=1S/C17H16ClN3O/c1-10-3-8-13-14(9-10)17(18)21-20-16(13)15(19)11-4-6-12(22-2)7-5-11/h3-9,15H,19H2,1-2H3. The lowest BCUT2D eigenvalue weighted by Gasteiger charge is -2.14. The van der Waals surface area contributed by atoms with Gasteiger partial charge >= 0.3 is 0 Å². The van der Waals surface area contributed by atoms with E-state index in [9.17, 15) is 0 Å². The highest BCUT2D eigenvalue weighted by Gasteiger charge is 2.16. The first kappa shape index (κ1) is 14.8. The molecule has 1 unspecified atom stereocenters. The van der Waals surface area contributed by atoms with Crippen LogP contribution in [0.25, 0.3) is 10.8 Å². The van der Waals surface area contributed by atoms with Crippen LogP contribution in [0.15, 0.2) is 42.5 Å². The maximum Gasteiger partial charge on any atom is 0.159 e. The molecule has 3 rings (SSSR count). The summed E-state index contributed by atoms with van der Waals surface area (Å²) in [6.45, 7) is 2.01. The number of benzene rings is 2. The fraction of sp³-hybridized carbons (Fsp3) is 0.176. The number of nitrogens with two attached hydrogens (primary N) is 1. The molecule has 0 aliphatic rings. The number of fused-ring (bicyclic) bond motifs is 1. The van der Waals surface area contributed by atoms with Crippen molar-refractivity contribution >= 4 is 22.4 Å². The first-order valence-corrected chi connectivity index (χ1v) is 7.30. The van der Waals surface area contributed by atoms with Gasteiger partial charge < -0.3 is 10.5 Å². The molecule has 0 radical (unpaired) electrons. The Bertz CT molecular complexity index is 818. The number of halogens is 1. The van der Waals surface area contributed by atoms with Crippen LogP contribution >= 0.6 is 11.6 Å². The Labute approximate surface area is 133 Å². The van der Waals surface area contributed by atoms with Gasteiger partial charge in [0, 0.05) is 10.8 Å². The van der Waals surface area contributed by atoms with Crippen LogP contribution in [0.1, 0.15) is 22.9 Å². The molecule has 0 amide bonds. The van der Waals surface area contributed by atoms with E-state index in [0.29, 0.717) is 10.8 Å². The normalized spacial score (nSPS) is 12.4. The number of hydrogen-bond donors (Lipinski definition) is 1. The SMILES string of the molecule is COc1ccc(C(N)c2nnc(Cl)c3cc(C)ccc23)cc1. The molecule has 2 aromatic carbocycles. The van der Waals surface area contributed by atoms with Crippen LogP contribution < -0.4 is 10.5 Å². The molecule has 0 aliphatic heterocycles. The molecule has 5 heteroatoms. The van der Waals surface area contributed by atoms with Gasteiger partial charge in [0.05, 0.1) is 18.8 Å². The van der Waals surface area contributed by atoms with Crippen LogP contribution in [0, 0.1) is 6.92 Å². The maximum absolute atomic E-state index is 6.38. The van der Waals surface area contributed by atoms with Crippen molar-refractivity contribution in [1.29, 1.82) is 0 Å². The Morgan fingerprint density at radius 3 is 2.45 bits per heavy atom. The molecule has 0 saturated heterocycles. The maximum atomic E-state index is 6.38. The zero-order valence-corrected chi connectivity index (χ0v) is 13.1. The van der Waals surface area contributed by atoms with Crippen molar-refractivity contribution in [3.63, 3.8) is 0 Å². The summed E-state index contributed by atoms with van der Waals surface area (Å²) in [5, 5.41) is 10.4. The van der Waals surface area contributed by atoms with Crippen molar-refractivity contribution in [2.45, 2.75) is 13.0 Å². The Morgan fingerprint density at radius 1 is 1.05 bits per heavy atom. The van der Waals surface area contributed by atoms with Crippen LogP contribution in [0.4, 0.5) is 0 Å². The van der Waals surface area contributed by atoms with Crippen molar-refractivity contribution in [2.24, 2.45) is 5.73 Å². The summed E-state index contributed by atoms with van der Waals surface area (Å²) in [5.74, 6) is 0.790. The van der Waals surface area contributed by atoms with Gasteiger partial charge in [0.15, 0.2) is 5.15 Å².